The molecular formula is C10H17N3O. The molecule has 0 spiro atoms. The van der Waals surface area contributed by atoms with Gasteiger partial charge in [-0.15, -0.1) is 0 Å². The van der Waals surface area contributed by atoms with Crippen LogP contribution >= 0.6 is 0 Å². The van der Waals surface area contributed by atoms with E-state index in [9.17, 15) is 4.79 Å². The van der Waals surface area contributed by atoms with Crippen LogP contribution in [0.1, 0.15) is 38.5 Å². The molecule has 1 saturated carbocycles. The van der Waals surface area contributed by atoms with Crippen LogP contribution in [0.25, 0.3) is 0 Å². The summed E-state index contributed by atoms with van der Waals surface area (Å²) in [6, 6.07) is 0.526. The van der Waals surface area contributed by atoms with Crippen molar-refractivity contribution in [2.45, 2.75) is 50.9 Å². The lowest BCUT2D eigenvalue weighted by Crippen LogP contribution is -2.44. The van der Waals surface area contributed by atoms with Crippen LogP contribution in [-0.4, -0.2) is 24.5 Å². The zero-order chi connectivity index (χ0) is 9.80. The van der Waals surface area contributed by atoms with Crippen LogP contribution in [0.15, 0.2) is 4.99 Å². The van der Waals surface area contributed by atoms with Crippen molar-refractivity contribution in [3.63, 3.8) is 0 Å². The summed E-state index contributed by atoms with van der Waals surface area (Å²) in [5.74, 6) is -0.0869. The van der Waals surface area contributed by atoms with Gasteiger partial charge in [0.2, 0.25) is 0 Å². The van der Waals surface area contributed by atoms with E-state index in [-0.39, 0.29) is 12.2 Å². The Morgan fingerprint density at radius 3 is 2.57 bits per heavy atom. The summed E-state index contributed by atoms with van der Waals surface area (Å²) in [5.41, 5.74) is 0. The normalized spacial score (nSPS) is 28.9. The molecule has 4 heteroatoms. The van der Waals surface area contributed by atoms with E-state index < -0.39 is 0 Å². The first-order chi connectivity index (χ1) is 6.84. The third kappa shape index (κ3) is 2.54. The minimum absolute atomic E-state index is 0.0869. The molecule has 0 saturated heterocycles. The van der Waals surface area contributed by atoms with Crippen molar-refractivity contribution < 1.29 is 4.79 Å². The summed E-state index contributed by atoms with van der Waals surface area (Å²) < 4.78 is 0. The second-order valence-electron chi connectivity index (χ2n) is 4.04. The number of amides is 1. The Labute approximate surface area is 84.2 Å². The molecule has 78 valence electrons. The quantitative estimate of drug-likeness (QED) is 0.640. The largest absolute Gasteiger partial charge is 0.317 e. The van der Waals surface area contributed by atoms with Gasteiger partial charge in [0.25, 0.3) is 5.91 Å². The van der Waals surface area contributed by atoms with Crippen LogP contribution in [0.2, 0.25) is 0 Å². The second kappa shape index (κ2) is 4.55. The molecule has 1 unspecified atom stereocenters. The van der Waals surface area contributed by atoms with Gasteiger partial charge in [-0.25, -0.2) is 4.99 Å². The molecule has 1 aliphatic carbocycles. The maximum atomic E-state index is 10.9. The van der Waals surface area contributed by atoms with E-state index in [2.05, 4.69) is 15.6 Å². The molecule has 4 nitrogen and oxygen atoms in total. The van der Waals surface area contributed by atoms with Crippen LogP contribution in [0.5, 0.6) is 0 Å². The van der Waals surface area contributed by atoms with Gasteiger partial charge in [0.1, 0.15) is 0 Å². The number of aliphatic imine (C=N–C) groups is 1. The molecule has 1 aliphatic heterocycles. The van der Waals surface area contributed by atoms with Gasteiger partial charge in [-0.3, -0.25) is 10.1 Å². The monoisotopic (exact) mass is 195 g/mol. The van der Waals surface area contributed by atoms with E-state index in [0.29, 0.717) is 6.04 Å². The number of rotatable bonds is 2. The van der Waals surface area contributed by atoms with Gasteiger partial charge in [0.15, 0.2) is 6.29 Å². The lowest BCUT2D eigenvalue weighted by atomic mass is 10.1. The molecule has 0 aromatic carbocycles. The first-order valence-corrected chi connectivity index (χ1v) is 5.44. The predicted molar refractivity (Wildman–Crippen MR) is 55.0 cm³/mol. The molecule has 0 bridgehead atoms. The molecule has 2 N–H and O–H groups in total. The number of nitrogens with one attached hydrogen (secondary N) is 2. The molecule has 2 aliphatic rings. The van der Waals surface area contributed by atoms with E-state index in [1.807, 2.05) is 0 Å². The molecule has 0 aromatic rings. The Morgan fingerprint density at radius 1 is 1.29 bits per heavy atom. The maximum absolute atomic E-state index is 10.9. The van der Waals surface area contributed by atoms with Crippen LogP contribution in [0, 0.1) is 0 Å². The standard InChI is InChI=1S/C10H17N3O/c14-9-7-11-10(13-9)12-8-5-3-1-2-4-6-8/h7-8,10,12H,1-6H2,(H,13,14). The first-order valence-electron chi connectivity index (χ1n) is 5.44. The van der Waals surface area contributed by atoms with Crippen molar-refractivity contribution in [3.05, 3.63) is 0 Å². The molecule has 1 fully saturated rings. The molecule has 0 radical (unpaired) electrons. The summed E-state index contributed by atoms with van der Waals surface area (Å²) in [7, 11) is 0. The number of hydrogen-bond acceptors (Lipinski definition) is 3. The number of carbonyl (C=O) groups excluding carboxylic acids is 1. The molecule has 1 amide bonds. The Kier molecular flexibility index (Phi) is 3.14. The summed E-state index contributed by atoms with van der Waals surface area (Å²) >= 11 is 0. The molecule has 14 heavy (non-hydrogen) atoms. The van der Waals surface area contributed by atoms with E-state index >= 15 is 0 Å². The summed E-state index contributed by atoms with van der Waals surface area (Å²) in [6.07, 6.45) is 8.88. The topological polar surface area (TPSA) is 53.5 Å². The maximum Gasteiger partial charge on any atom is 0.264 e. The molecule has 1 heterocycles. The van der Waals surface area contributed by atoms with Gasteiger partial charge < -0.3 is 5.32 Å². The van der Waals surface area contributed by atoms with Crippen molar-refractivity contribution in [2.75, 3.05) is 0 Å². The van der Waals surface area contributed by atoms with Crippen LogP contribution in [0.3, 0.4) is 0 Å². The van der Waals surface area contributed by atoms with Crippen LogP contribution in [0.4, 0.5) is 0 Å². The van der Waals surface area contributed by atoms with Crippen molar-refractivity contribution >= 4 is 12.1 Å². The minimum Gasteiger partial charge on any atom is -0.317 e. The zero-order valence-corrected chi connectivity index (χ0v) is 8.33. The van der Waals surface area contributed by atoms with Crippen molar-refractivity contribution in [1.82, 2.24) is 10.6 Å². The third-order valence-corrected chi connectivity index (χ3v) is 2.87. The highest BCUT2D eigenvalue weighted by Crippen LogP contribution is 2.17. The van der Waals surface area contributed by atoms with E-state index in [0.717, 1.165) is 0 Å². The van der Waals surface area contributed by atoms with Crippen molar-refractivity contribution in [3.8, 4) is 0 Å². The number of carbonyl (C=O) groups is 1. The Bertz CT molecular complexity index is 232. The highest BCUT2D eigenvalue weighted by atomic mass is 16.2. The minimum atomic E-state index is -0.175. The van der Waals surface area contributed by atoms with Crippen LogP contribution in [-0.2, 0) is 4.79 Å². The van der Waals surface area contributed by atoms with Gasteiger partial charge in [-0.05, 0) is 12.8 Å². The Balaban J connectivity index is 1.78. The second-order valence-corrected chi connectivity index (χ2v) is 4.04. The molecule has 2 rings (SSSR count). The van der Waals surface area contributed by atoms with Crippen LogP contribution < -0.4 is 10.6 Å². The summed E-state index contributed by atoms with van der Waals surface area (Å²) in [5, 5.41) is 6.11. The van der Waals surface area contributed by atoms with Crippen molar-refractivity contribution in [2.24, 2.45) is 4.99 Å². The summed E-state index contributed by atoms with van der Waals surface area (Å²) in [4.78, 5) is 14.9. The lowest BCUT2D eigenvalue weighted by Gasteiger charge is -2.19. The van der Waals surface area contributed by atoms with E-state index in [4.69, 9.17) is 0 Å². The summed E-state index contributed by atoms with van der Waals surface area (Å²) in [6.45, 7) is 0. The zero-order valence-electron chi connectivity index (χ0n) is 8.33. The SMILES string of the molecule is O=C1C=NC(NC2CCCCCC2)N1. The van der Waals surface area contributed by atoms with Gasteiger partial charge >= 0.3 is 0 Å². The Hall–Kier alpha value is -0.900. The highest BCUT2D eigenvalue weighted by Gasteiger charge is 2.19. The fourth-order valence-corrected chi connectivity index (χ4v) is 2.11. The number of nitrogens with zero attached hydrogens (tertiary/aromatic N) is 1. The first kappa shape index (κ1) is 9.65. The van der Waals surface area contributed by atoms with E-state index in [1.54, 1.807) is 0 Å². The Morgan fingerprint density at radius 2 is 2.00 bits per heavy atom. The van der Waals surface area contributed by atoms with Gasteiger partial charge in [0, 0.05) is 6.04 Å². The predicted octanol–water partition coefficient (Wildman–Crippen LogP) is 0.783. The lowest BCUT2D eigenvalue weighted by molar-refractivity contribution is -0.114. The number of hydrogen-bond donors (Lipinski definition) is 2. The molecule has 1 atom stereocenters. The van der Waals surface area contributed by atoms with Gasteiger partial charge in [-0.2, -0.15) is 0 Å². The van der Waals surface area contributed by atoms with Gasteiger partial charge in [0.05, 0.1) is 6.21 Å². The fourth-order valence-electron chi connectivity index (χ4n) is 2.11. The highest BCUT2D eigenvalue weighted by molar-refractivity contribution is 6.27. The average molecular weight is 195 g/mol. The van der Waals surface area contributed by atoms with E-state index in [1.165, 1.54) is 44.7 Å². The fraction of sp³-hybridized carbons (Fsp3) is 0.800. The average Bonchev–Trinajstić information content (AvgIpc) is 2.43. The van der Waals surface area contributed by atoms with Crippen molar-refractivity contribution in [1.29, 1.82) is 0 Å². The third-order valence-electron chi connectivity index (χ3n) is 2.87. The smallest absolute Gasteiger partial charge is 0.264 e. The molecular weight excluding hydrogens is 178 g/mol. The molecule has 0 aromatic heterocycles. The van der Waals surface area contributed by atoms with Gasteiger partial charge in [-0.1, -0.05) is 25.7 Å².